The number of halogens is 1. The summed E-state index contributed by atoms with van der Waals surface area (Å²) in [6.45, 7) is 4.85. The lowest BCUT2D eigenvalue weighted by atomic mass is 10.1. The summed E-state index contributed by atoms with van der Waals surface area (Å²) < 4.78 is 6.32. The third kappa shape index (κ3) is 3.64. The van der Waals surface area contributed by atoms with Crippen LogP contribution in [0.2, 0.25) is 0 Å². The summed E-state index contributed by atoms with van der Waals surface area (Å²) in [5, 5.41) is 4.02. The summed E-state index contributed by atoms with van der Waals surface area (Å²) >= 11 is 3.51. The maximum Gasteiger partial charge on any atom is 0.226 e. The maximum atomic E-state index is 5.59. The fourth-order valence-electron chi connectivity index (χ4n) is 1.69. The fraction of sp³-hybridized carbons (Fsp3) is 0.429. The van der Waals surface area contributed by atoms with Crippen molar-refractivity contribution in [3.05, 3.63) is 34.1 Å². The molecule has 1 atom stereocenters. The van der Waals surface area contributed by atoms with Gasteiger partial charge in [-0.25, -0.2) is 0 Å². The third-order valence-corrected chi connectivity index (χ3v) is 4.01. The van der Waals surface area contributed by atoms with Crippen molar-refractivity contribution < 1.29 is 4.52 Å². The van der Waals surface area contributed by atoms with Gasteiger partial charge in [0.15, 0.2) is 0 Å². The van der Waals surface area contributed by atoms with Gasteiger partial charge >= 0.3 is 0 Å². The Morgan fingerprint density at radius 3 is 2.89 bits per heavy atom. The van der Waals surface area contributed by atoms with Crippen LogP contribution in [0.1, 0.15) is 24.8 Å². The molecule has 2 aromatic rings. The first-order valence-corrected chi connectivity index (χ1v) is 7.18. The van der Waals surface area contributed by atoms with E-state index in [0.29, 0.717) is 24.2 Å². The first-order chi connectivity index (χ1) is 9.10. The molecule has 2 rings (SSSR count). The Hall–Kier alpha value is -1.20. The first kappa shape index (κ1) is 14.2. The Balaban J connectivity index is 2.09. The summed E-state index contributed by atoms with van der Waals surface area (Å²) in [6, 6.07) is 6.04. The minimum absolute atomic E-state index is 0.476. The van der Waals surface area contributed by atoms with Gasteiger partial charge in [0.2, 0.25) is 11.7 Å². The molecule has 1 aromatic carbocycles. The molecule has 5 heteroatoms. The van der Waals surface area contributed by atoms with Crippen molar-refractivity contribution in [3.8, 4) is 11.4 Å². The molecule has 0 aliphatic heterocycles. The van der Waals surface area contributed by atoms with Crippen molar-refractivity contribution in [1.29, 1.82) is 0 Å². The molecule has 0 aliphatic carbocycles. The van der Waals surface area contributed by atoms with Crippen LogP contribution in [0.25, 0.3) is 11.4 Å². The maximum absolute atomic E-state index is 5.59. The van der Waals surface area contributed by atoms with Crippen LogP contribution in [0.15, 0.2) is 27.2 Å². The zero-order chi connectivity index (χ0) is 13.8. The molecule has 0 saturated carbocycles. The number of hydrogen-bond acceptors (Lipinski definition) is 4. The topological polar surface area (TPSA) is 64.9 Å². The summed E-state index contributed by atoms with van der Waals surface area (Å²) in [5.74, 6) is 1.78. The first-order valence-electron chi connectivity index (χ1n) is 6.39. The Morgan fingerprint density at radius 2 is 2.21 bits per heavy atom. The van der Waals surface area contributed by atoms with Crippen LogP contribution >= 0.6 is 15.9 Å². The smallest absolute Gasteiger partial charge is 0.226 e. The van der Waals surface area contributed by atoms with Gasteiger partial charge in [-0.1, -0.05) is 40.1 Å². The van der Waals surface area contributed by atoms with E-state index in [1.165, 1.54) is 5.56 Å². The standard InChI is InChI=1S/C14H18BrN3O/c1-9(8-16)3-6-13-17-14(18-19-13)11-5-4-10(2)12(15)7-11/h4-5,7,9H,3,6,8,16H2,1-2H3. The highest BCUT2D eigenvalue weighted by Crippen LogP contribution is 2.24. The molecule has 0 saturated heterocycles. The molecular formula is C14H18BrN3O. The van der Waals surface area contributed by atoms with E-state index in [1.807, 2.05) is 25.1 Å². The van der Waals surface area contributed by atoms with E-state index in [4.69, 9.17) is 10.3 Å². The van der Waals surface area contributed by atoms with Crippen LogP contribution in [-0.4, -0.2) is 16.7 Å². The molecule has 1 aromatic heterocycles. The van der Waals surface area contributed by atoms with Crippen molar-refractivity contribution in [2.45, 2.75) is 26.7 Å². The van der Waals surface area contributed by atoms with Crippen LogP contribution in [-0.2, 0) is 6.42 Å². The van der Waals surface area contributed by atoms with Crippen molar-refractivity contribution >= 4 is 15.9 Å². The molecule has 1 unspecified atom stereocenters. The second-order valence-corrected chi connectivity index (χ2v) is 5.71. The quantitative estimate of drug-likeness (QED) is 0.916. The van der Waals surface area contributed by atoms with Gasteiger partial charge in [0, 0.05) is 16.5 Å². The molecule has 4 nitrogen and oxygen atoms in total. The van der Waals surface area contributed by atoms with Gasteiger partial charge in [-0.3, -0.25) is 0 Å². The summed E-state index contributed by atoms with van der Waals surface area (Å²) in [4.78, 5) is 4.42. The van der Waals surface area contributed by atoms with Gasteiger partial charge in [0.05, 0.1) is 0 Å². The van der Waals surface area contributed by atoms with Gasteiger partial charge in [-0.05, 0) is 37.4 Å². The highest BCUT2D eigenvalue weighted by atomic mass is 79.9. The van der Waals surface area contributed by atoms with E-state index in [1.54, 1.807) is 0 Å². The Bertz CT molecular complexity index is 553. The molecular weight excluding hydrogens is 306 g/mol. The van der Waals surface area contributed by atoms with Crippen molar-refractivity contribution in [2.75, 3.05) is 6.54 Å². The van der Waals surface area contributed by atoms with E-state index in [9.17, 15) is 0 Å². The lowest BCUT2D eigenvalue weighted by Gasteiger charge is -2.04. The molecule has 0 bridgehead atoms. The van der Waals surface area contributed by atoms with Gasteiger partial charge in [0.25, 0.3) is 0 Å². The van der Waals surface area contributed by atoms with Crippen LogP contribution in [0.5, 0.6) is 0 Å². The second-order valence-electron chi connectivity index (χ2n) is 4.86. The van der Waals surface area contributed by atoms with E-state index < -0.39 is 0 Å². The van der Waals surface area contributed by atoms with Crippen molar-refractivity contribution in [2.24, 2.45) is 11.7 Å². The minimum Gasteiger partial charge on any atom is -0.339 e. The van der Waals surface area contributed by atoms with E-state index in [0.717, 1.165) is 22.9 Å². The normalized spacial score (nSPS) is 12.6. The number of nitrogens with two attached hydrogens (primary N) is 1. The van der Waals surface area contributed by atoms with E-state index in [2.05, 4.69) is 33.0 Å². The molecule has 2 N–H and O–H groups in total. The van der Waals surface area contributed by atoms with Gasteiger partial charge in [0.1, 0.15) is 0 Å². The zero-order valence-corrected chi connectivity index (χ0v) is 12.8. The van der Waals surface area contributed by atoms with Crippen LogP contribution in [0.4, 0.5) is 0 Å². The van der Waals surface area contributed by atoms with Crippen LogP contribution in [0.3, 0.4) is 0 Å². The summed E-state index contributed by atoms with van der Waals surface area (Å²) in [5.41, 5.74) is 7.73. The number of hydrogen-bond donors (Lipinski definition) is 1. The van der Waals surface area contributed by atoms with Gasteiger partial charge < -0.3 is 10.3 Å². The number of nitrogens with zero attached hydrogens (tertiary/aromatic N) is 2. The molecule has 19 heavy (non-hydrogen) atoms. The molecule has 0 radical (unpaired) electrons. The van der Waals surface area contributed by atoms with Crippen LogP contribution < -0.4 is 5.73 Å². The van der Waals surface area contributed by atoms with Crippen molar-refractivity contribution in [1.82, 2.24) is 10.1 Å². The highest BCUT2D eigenvalue weighted by molar-refractivity contribution is 9.10. The summed E-state index contributed by atoms with van der Waals surface area (Å²) in [6.07, 6.45) is 1.74. The Kier molecular flexibility index (Phi) is 4.71. The minimum atomic E-state index is 0.476. The zero-order valence-electron chi connectivity index (χ0n) is 11.2. The molecule has 102 valence electrons. The Labute approximate surface area is 121 Å². The number of aromatic nitrogens is 2. The number of aryl methyl sites for hydroxylation is 2. The van der Waals surface area contributed by atoms with Crippen LogP contribution in [0, 0.1) is 12.8 Å². The lowest BCUT2D eigenvalue weighted by Crippen LogP contribution is -2.11. The van der Waals surface area contributed by atoms with Gasteiger partial charge in [-0.2, -0.15) is 4.98 Å². The van der Waals surface area contributed by atoms with E-state index in [-0.39, 0.29) is 0 Å². The van der Waals surface area contributed by atoms with Crippen molar-refractivity contribution in [3.63, 3.8) is 0 Å². The molecule has 1 heterocycles. The SMILES string of the molecule is Cc1ccc(-c2noc(CCC(C)CN)n2)cc1Br. The number of rotatable bonds is 5. The average molecular weight is 324 g/mol. The summed E-state index contributed by atoms with van der Waals surface area (Å²) in [7, 11) is 0. The predicted molar refractivity (Wildman–Crippen MR) is 78.7 cm³/mol. The lowest BCUT2D eigenvalue weighted by molar-refractivity contribution is 0.366. The number of benzene rings is 1. The Morgan fingerprint density at radius 1 is 1.42 bits per heavy atom. The molecule has 0 amide bonds. The second kappa shape index (κ2) is 6.30. The largest absolute Gasteiger partial charge is 0.339 e. The highest BCUT2D eigenvalue weighted by Gasteiger charge is 2.10. The fourth-order valence-corrected chi connectivity index (χ4v) is 2.07. The molecule has 0 fully saturated rings. The monoisotopic (exact) mass is 323 g/mol. The van der Waals surface area contributed by atoms with Gasteiger partial charge in [-0.15, -0.1) is 0 Å². The molecule has 0 aliphatic rings. The van der Waals surface area contributed by atoms with E-state index >= 15 is 0 Å². The third-order valence-electron chi connectivity index (χ3n) is 3.15. The average Bonchev–Trinajstić information content (AvgIpc) is 2.88. The predicted octanol–water partition coefficient (Wildman–Crippen LogP) is 3.33. The molecule has 0 spiro atoms.